The fourth-order valence-electron chi connectivity index (χ4n) is 12.4. The molecule has 8 saturated heterocycles. The van der Waals surface area contributed by atoms with E-state index < -0.39 is 71.3 Å². The van der Waals surface area contributed by atoms with E-state index in [2.05, 4.69) is 39.6 Å². The number of fused-ring (bicyclic) bond motifs is 5. The van der Waals surface area contributed by atoms with Crippen LogP contribution in [0.5, 0.6) is 0 Å². The predicted octanol–water partition coefficient (Wildman–Crippen LogP) is 4.98. The SMILES string of the molecule is C=C(C[C@]12C[C@H](C)C[C@@H](O1)C1O[C@@]3(CC1O2)NC[C@@H](C)C[C@H]3C)[C@H]1O[C@@](O)([C@@H](O)C2C[C@@H]3O[C@@]4(CC[C@]5(C=CC[C@@H](/C=C/CCC(=O)O)O5)O4)[C@@H](C)C[C@@H]3O2)C[C@H](O)[C@@H]1C. The van der Waals surface area contributed by atoms with Gasteiger partial charge in [-0.05, 0) is 61.5 Å². The highest BCUT2D eigenvalue weighted by Gasteiger charge is 2.64. The maximum Gasteiger partial charge on any atom is 0.303 e. The van der Waals surface area contributed by atoms with Gasteiger partial charge in [0, 0.05) is 69.7 Å². The van der Waals surface area contributed by atoms with Crippen LogP contribution >= 0.6 is 0 Å². The molecule has 8 fully saturated rings. The number of carbonyl (C=O) groups is 1. The van der Waals surface area contributed by atoms with Crippen LogP contribution in [0.4, 0.5) is 0 Å². The number of aliphatic hydroxyl groups is 3. The van der Waals surface area contributed by atoms with E-state index in [4.69, 9.17) is 43.0 Å². The number of aliphatic hydroxyl groups excluding tert-OH is 2. The molecule has 0 aromatic carbocycles. The standard InChI is InChI=1S/C46H69NO13/c1-25-17-35-40-37(23-44(58-40)28(4)16-26(2)24-47-44)56-43(20-25,55-35)21-27(3)39-30(6)32(48)22-45(52,59-39)41(51)36-19-34-33(53-36)18-29(5)46(57-34)15-14-42(60-46)13-9-11-31(54-42)10-7-8-12-38(49)50/h7,9-10,13,25-26,28-37,39-41,47-48,51-52H,3,8,11-12,14-24H2,1-2,4-6H3,(H,49,50)/b10-7+/t25-,26+,28-,29+,30+,31-,32+,33+,34+,35-,36?,37?,39-,40?,41+,42+,43-,44-,45-,46-/m1/s1. The van der Waals surface area contributed by atoms with Crippen LogP contribution in [0.3, 0.4) is 0 Å². The van der Waals surface area contributed by atoms with E-state index >= 15 is 0 Å². The highest BCUT2D eigenvalue weighted by molar-refractivity contribution is 5.66. The Morgan fingerprint density at radius 1 is 0.900 bits per heavy atom. The Kier molecular flexibility index (Phi) is 11.6. The van der Waals surface area contributed by atoms with Gasteiger partial charge in [0.15, 0.2) is 23.1 Å². The lowest BCUT2D eigenvalue weighted by Gasteiger charge is -2.53. The van der Waals surface area contributed by atoms with Crippen molar-refractivity contribution >= 4 is 5.97 Å². The fourth-order valence-corrected chi connectivity index (χ4v) is 12.4. The maximum atomic E-state index is 12.2. The van der Waals surface area contributed by atoms with Crippen molar-refractivity contribution in [2.75, 3.05) is 6.54 Å². The van der Waals surface area contributed by atoms with Crippen molar-refractivity contribution < 1.29 is 63.1 Å². The van der Waals surface area contributed by atoms with E-state index in [0.29, 0.717) is 74.7 Å². The fraction of sp³-hybridized carbons (Fsp3) is 0.848. The van der Waals surface area contributed by atoms with Crippen molar-refractivity contribution in [3.8, 4) is 0 Å². The number of nitrogens with one attached hydrogen (secondary N) is 1. The Hall–Kier alpha value is -1.79. The van der Waals surface area contributed by atoms with Crippen molar-refractivity contribution in [3.63, 3.8) is 0 Å². The summed E-state index contributed by atoms with van der Waals surface area (Å²) in [4.78, 5) is 10.9. The molecule has 0 aromatic rings. The quantitative estimate of drug-likeness (QED) is 0.196. The summed E-state index contributed by atoms with van der Waals surface area (Å²) in [5.41, 5.74) is 0.196. The molecule has 3 unspecified atom stereocenters. The van der Waals surface area contributed by atoms with Crippen LogP contribution in [0.2, 0.25) is 0 Å². The number of allylic oxidation sites excluding steroid dienone is 1. The van der Waals surface area contributed by atoms with E-state index in [1.54, 1.807) is 0 Å². The average Bonchev–Trinajstić information content (AvgIpc) is 3.87. The normalized spacial score (nSPS) is 52.9. The molecule has 2 bridgehead atoms. The summed E-state index contributed by atoms with van der Waals surface area (Å²) < 4.78 is 53.6. The molecule has 20 atom stereocenters. The predicted molar refractivity (Wildman–Crippen MR) is 216 cm³/mol. The molecule has 0 radical (unpaired) electrons. The summed E-state index contributed by atoms with van der Waals surface area (Å²) in [6.45, 7) is 16.1. The zero-order chi connectivity index (χ0) is 42.4. The third-order valence-corrected chi connectivity index (χ3v) is 15.6. The van der Waals surface area contributed by atoms with Crippen LogP contribution in [0, 0.1) is 29.6 Å². The van der Waals surface area contributed by atoms with Gasteiger partial charge in [-0.1, -0.05) is 59.4 Å². The molecule has 60 heavy (non-hydrogen) atoms. The second-order valence-corrected chi connectivity index (χ2v) is 20.5. The molecule has 0 aromatic heterocycles. The molecule has 9 aliphatic rings. The molecule has 9 rings (SSSR count). The topological polar surface area (TPSA) is 184 Å². The first-order valence-corrected chi connectivity index (χ1v) is 22.9. The molecule has 5 N–H and O–H groups in total. The molecule has 9 heterocycles. The lowest BCUT2D eigenvalue weighted by molar-refractivity contribution is -0.367. The van der Waals surface area contributed by atoms with Crippen molar-refractivity contribution in [1.82, 2.24) is 5.32 Å². The summed E-state index contributed by atoms with van der Waals surface area (Å²) >= 11 is 0. The third kappa shape index (κ3) is 7.91. The van der Waals surface area contributed by atoms with Gasteiger partial charge >= 0.3 is 5.97 Å². The van der Waals surface area contributed by atoms with Crippen LogP contribution in [0.25, 0.3) is 0 Å². The van der Waals surface area contributed by atoms with Gasteiger partial charge in [0.2, 0.25) is 0 Å². The first-order chi connectivity index (χ1) is 28.4. The molecule has 0 saturated carbocycles. The second kappa shape index (κ2) is 16.0. The van der Waals surface area contributed by atoms with Crippen LogP contribution in [0.1, 0.15) is 118 Å². The molecular weight excluding hydrogens is 775 g/mol. The van der Waals surface area contributed by atoms with E-state index in [1.165, 1.54) is 0 Å². The van der Waals surface area contributed by atoms with Crippen molar-refractivity contribution in [1.29, 1.82) is 0 Å². The van der Waals surface area contributed by atoms with Gasteiger partial charge in [-0.15, -0.1) is 0 Å². The molecule has 14 nitrogen and oxygen atoms in total. The Bertz CT molecular complexity index is 1690. The Labute approximate surface area is 354 Å². The van der Waals surface area contributed by atoms with Gasteiger partial charge in [0.25, 0.3) is 0 Å². The highest BCUT2D eigenvalue weighted by atomic mass is 16.8. The number of aliphatic carboxylic acids is 1. The lowest BCUT2D eigenvalue weighted by atomic mass is 9.78. The number of ether oxygens (including phenoxy) is 8. The van der Waals surface area contributed by atoms with Crippen LogP contribution in [0.15, 0.2) is 36.5 Å². The first-order valence-electron chi connectivity index (χ1n) is 22.9. The number of piperidine rings is 1. The molecule has 0 amide bonds. The van der Waals surface area contributed by atoms with E-state index in [9.17, 15) is 20.1 Å². The number of carboxylic acid groups (broad SMARTS) is 1. The van der Waals surface area contributed by atoms with Crippen molar-refractivity contribution in [2.24, 2.45) is 29.6 Å². The first kappa shape index (κ1) is 43.5. The molecule has 0 aliphatic carbocycles. The molecule has 3 spiro atoms. The smallest absolute Gasteiger partial charge is 0.303 e. The van der Waals surface area contributed by atoms with Gasteiger partial charge < -0.3 is 58.3 Å². The van der Waals surface area contributed by atoms with Gasteiger partial charge in [0.05, 0.1) is 48.8 Å². The van der Waals surface area contributed by atoms with Crippen LogP contribution in [-0.4, -0.2) is 123 Å². The van der Waals surface area contributed by atoms with Crippen molar-refractivity contribution in [3.05, 3.63) is 36.5 Å². The van der Waals surface area contributed by atoms with E-state index in [-0.39, 0.29) is 49.3 Å². The van der Waals surface area contributed by atoms with E-state index in [1.807, 2.05) is 31.2 Å². The Morgan fingerprint density at radius 2 is 1.70 bits per heavy atom. The average molecular weight is 844 g/mol. The Morgan fingerprint density at radius 3 is 2.48 bits per heavy atom. The zero-order valence-electron chi connectivity index (χ0n) is 36.0. The summed E-state index contributed by atoms with van der Waals surface area (Å²) in [5, 5.41) is 48.3. The van der Waals surface area contributed by atoms with Gasteiger partial charge in [-0.25, -0.2) is 0 Å². The number of hydrogen-bond donors (Lipinski definition) is 5. The van der Waals surface area contributed by atoms with Gasteiger partial charge in [-0.2, -0.15) is 0 Å². The second-order valence-electron chi connectivity index (χ2n) is 20.5. The van der Waals surface area contributed by atoms with Gasteiger partial charge in [0.1, 0.15) is 17.9 Å². The number of hydrogen-bond acceptors (Lipinski definition) is 13. The van der Waals surface area contributed by atoms with E-state index in [0.717, 1.165) is 25.8 Å². The zero-order valence-corrected chi connectivity index (χ0v) is 36.0. The minimum atomic E-state index is -2.12. The summed E-state index contributed by atoms with van der Waals surface area (Å²) in [7, 11) is 0. The summed E-state index contributed by atoms with van der Waals surface area (Å²) in [6, 6.07) is 0. The third-order valence-electron chi connectivity index (χ3n) is 15.6. The van der Waals surface area contributed by atoms with Crippen LogP contribution < -0.4 is 5.32 Å². The largest absolute Gasteiger partial charge is 0.481 e. The number of rotatable bonds is 9. The molecule has 336 valence electrons. The lowest BCUT2D eigenvalue weighted by Crippen LogP contribution is -2.61. The van der Waals surface area contributed by atoms with Crippen molar-refractivity contribution in [2.45, 2.75) is 208 Å². The maximum absolute atomic E-state index is 12.2. The molecular formula is C46H69NO13. The molecule has 9 aliphatic heterocycles. The number of carboxylic acids is 1. The summed E-state index contributed by atoms with van der Waals surface area (Å²) in [5.74, 6) is -5.03. The Balaban J connectivity index is 0.846. The minimum absolute atomic E-state index is 0.0600. The van der Waals surface area contributed by atoms with Gasteiger partial charge in [-0.3, -0.25) is 10.1 Å². The monoisotopic (exact) mass is 843 g/mol. The van der Waals surface area contributed by atoms with Crippen LogP contribution in [-0.2, 0) is 42.7 Å². The highest BCUT2D eigenvalue weighted by Crippen LogP contribution is 2.55. The molecule has 14 heteroatoms. The summed E-state index contributed by atoms with van der Waals surface area (Å²) in [6.07, 6.45) is 9.04. The minimum Gasteiger partial charge on any atom is -0.481 e.